The van der Waals surface area contributed by atoms with Crippen molar-refractivity contribution in [1.82, 2.24) is 10.8 Å². The average Bonchev–Trinajstić information content (AvgIpc) is 3.07. The number of halogens is 3. The van der Waals surface area contributed by atoms with Crippen LogP contribution in [0.1, 0.15) is 23.7 Å². The zero-order valence-corrected chi connectivity index (χ0v) is 13.7. The first-order valence-corrected chi connectivity index (χ1v) is 8.02. The second-order valence-electron chi connectivity index (χ2n) is 5.85. The number of rotatable bonds is 5. The Morgan fingerprint density at radius 3 is 2.62 bits per heavy atom. The van der Waals surface area contributed by atoms with Crippen molar-refractivity contribution in [3.05, 3.63) is 71.0 Å². The topological polar surface area (TPSA) is 59.6 Å². The lowest BCUT2D eigenvalue weighted by Crippen LogP contribution is -2.43. The Morgan fingerprint density at radius 2 is 1.88 bits per heavy atom. The zero-order valence-electron chi connectivity index (χ0n) is 13.7. The van der Waals surface area contributed by atoms with Gasteiger partial charge in [-0.25, -0.2) is 23.4 Å². The lowest BCUT2D eigenvalue weighted by molar-refractivity contribution is 0.0456. The summed E-state index contributed by atoms with van der Waals surface area (Å²) in [6.07, 6.45) is -0.0531. The molecule has 2 N–H and O–H groups in total. The summed E-state index contributed by atoms with van der Waals surface area (Å²) in [5.74, 6) is -2.27. The van der Waals surface area contributed by atoms with Crippen LogP contribution in [0, 0.1) is 17.5 Å². The molecular weight excluding hydrogens is 349 g/mol. The standard InChI is InChI=1S/C18H17F3N2O3/c19-13-4-1-11(2-5-13)10-26-23-18(24)22-16-7-8-25-17(16)12-3-6-14(20)15(21)9-12/h1-6,9,16-17H,7-8,10H2,(H2,22,23,24)/t16-,17+/m0/s1. The molecule has 1 saturated heterocycles. The van der Waals surface area contributed by atoms with E-state index < -0.39 is 29.8 Å². The molecule has 0 radical (unpaired) electrons. The van der Waals surface area contributed by atoms with Gasteiger partial charge < -0.3 is 10.1 Å². The van der Waals surface area contributed by atoms with E-state index in [1.807, 2.05) is 0 Å². The van der Waals surface area contributed by atoms with Crippen LogP contribution in [0.4, 0.5) is 18.0 Å². The van der Waals surface area contributed by atoms with Crippen LogP contribution in [0.15, 0.2) is 42.5 Å². The molecule has 2 aromatic rings. The van der Waals surface area contributed by atoms with Gasteiger partial charge in [0.1, 0.15) is 11.9 Å². The summed E-state index contributed by atoms with van der Waals surface area (Å²) in [4.78, 5) is 17.0. The maximum atomic E-state index is 13.4. The van der Waals surface area contributed by atoms with E-state index in [2.05, 4.69) is 10.8 Å². The number of hydrogen-bond donors (Lipinski definition) is 2. The van der Waals surface area contributed by atoms with Crippen molar-refractivity contribution < 1.29 is 27.5 Å². The Labute approximate surface area is 148 Å². The number of amides is 2. The SMILES string of the molecule is O=C(NOCc1ccc(F)cc1)N[C@H]1CCO[C@@H]1c1ccc(F)c(F)c1. The average molecular weight is 366 g/mol. The molecule has 1 heterocycles. The van der Waals surface area contributed by atoms with Gasteiger partial charge in [0.25, 0.3) is 0 Å². The monoisotopic (exact) mass is 366 g/mol. The molecule has 2 aromatic carbocycles. The van der Waals surface area contributed by atoms with Crippen LogP contribution in [0.5, 0.6) is 0 Å². The molecule has 1 aliphatic rings. The molecule has 1 aliphatic heterocycles. The molecule has 26 heavy (non-hydrogen) atoms. The molecule has 3 rings (SSSR count). The number of carbonyl (C=O) groups excluding carboxylic acids is 1. The first-order valence-electron chi connectivity index (χ1n) is 8.02. The molecular formula is C18H17F3N2O3. The third kappa shape index (κ3) is 4.53. The summed E-state index contributed by atoms with van der Waals surface area (Å²) in [6.45, 7) is 0.451. The predicted octanol–water partition coefficient (Wildman–Crippen LogP) is 3.36. The maximum Gasteiger partial charge on any atom is 0.339 e. The smallest absolute Gasteiger partial charge is 0.339 e. The molecule has 138 valence electrons. The quantitative estimate of drug-likeness (QED) is 0.798. The number of benzene rings is 2. The highest BCUT2D eigenvalue weighted by atomic mass is 19.2. The van der Waals surface area contributed by atoms with Crippen molar-refractivity contribution in [2.24, 2.45) is 0 Å². The van der Waals surface area contributed by atoms with Gasteiger partial charge >= 0.3 is 6.03 Å². The van der Waals surface area contributed by atoms with Crippen molar-refractivity contribution in [3.63, 3.8) is 0 Å². The van der Waals surface area contributed by atoms with E-state index in [0.29, 0.717) is 24.2 Å². The third-order valence-electron chi connectivity index (χ3n) is 4.00. The number of ether oxygens (including phenoxy) is 1. The highest BCUT2D eigenvalue weighted by Gasteiger charge is 2.31. The summed E-state index contributed by atoms with van der Waals surface area (Å²) >= 11 is 0. The molecule has 0 aliphatic carbocycles. The van der Waals surface area contributed by atoms with Crippen LogP contribution in [0.3, 0.4) is 0 Å². The minimum absolute atomic E-state index is 0.0709. The first kappa shape index (κ1) is 18.2. The minimum Gasteiger partial charge on any atom is -0.371 e. The molecule has 8 heteroatoms. The molecule has 0 aromatic heterocycles. The van der Waals surface area contributed by atoms with Crippen LogP contribution >= 0.6 is 0 Å². The Hall–Kier alpha value is -2.58. The fourth-order valence-electron chi connectivity index (χ4n) is 2.72. The third-order valence-corrected chi connectivity index (χ3v) is 4.00. The Bertz CT molecular complexity index is 771. The predicted molar refractivity (Wildman–Crippen MR) is 86.3 cm³/mol. The van der Waals surface area contributed by atoms with Gasteiger partial charge in [-0.15, -0.1) is 0 Å². The highest BCUT2D eigenvalue weighted by Crippen LogP contribution is 2.30. The van der Waals surface area contributed by atoms with Gasteiger partial charge in [-0.05, 0) is 41.8 Å². The molecule has 0 saturated carbocycles. The summed E-state index contributed by atoms with van der Waals surface area (Å²) in [5, 5.41) is 2.68. The Kier molecular flexibility index (Phi) is 5.75. The van der Waals surface area contributed by atoms with Crippen molar-refractivity contribution in [2.75, 3.05) is 6.61 Å². The van der Waals surface area contributed by atoms with Gasteiger partial charge in [0.05, 0.1) is 12.6 Å². The number of carbonyl (C=O) groups is 1. The molecule has 0 bridgehead atoms. The van der Waals surface area contributed by atoms with Gasteiger partial charge in [0.2, 0.25) is 0 Å². The van der Waals surface area contributed by atoms with Crippen LogP contribution in [0.25, 0.3) is 0 Å². The Balaban J connectivity index is 1.51. The number of urea groups is 1. The molecule has 2 atom stereocenters. The number of hydroxylamine groups is 1. The second kappa shape index (κ2) is 8.20. The van der Waals surface area contributed by atoms with Crippen molar-refractivity contribution in [2.45, 2.75) is 25.2 Å². The van der Waals surface area contributed by atoms with Crippen LogP contribution < -0.4 is 10.8 Å². The maximum absolute atomic E-state index is 13.4. The molecule has 0 unspecified atom stereocenters. The van der Waals surface area contributed by atoms with Gasteiger partial charge in [-0.1, -0.05) is 18.2 Å². The molecule has 5 nitrogen and oxygen atoms in total. The normalized spacial score (nSPS) is 19.3. The fourth-order valence-corrected chi connectivity index (χ4v) is 2.72. The summed E-state index contributed by atoms with van der Waals surface area (Å²) in [6, 6.07) is 8.17. The van der Waals surface area contributed by atoms with Crippen molar-refractivity contribution >= 4 is 6.03 Å². The van der Waals surface area contributed by atoms with E-state index in [9.17, 15) is 18.0 Å². The van der Waals surface area contributed by atoms with Crippen LogP contribution in [-0.4, -0.2) is 18.7 Å². The van der Waals surface area contributed by atoms with Crippen molar-refractivity contribution in [1.29, 1.82) is 0 Å². The zero-order chi connectivity index (χ0) is 18.5. The van der Waals surface area contributed by atoms with E-state index in [4.69, 9.17) is 9.57 Å². The molecule has 2 amide bonds. The van der Waals surface area contributed by atoms with Gasteiger partial charge in [-0.3, -0.25) is 4.84 Å². The van der Waals surface area contributed by atoms with E-state index >= 15 is 0 Å². The molecule has 1 fully saturated rings. The van der Waals surface area contributed by atoms with E-state index in [1.165, 1.54) is 18.2 Å². The summed E-state index contributed by atoms with van der Waals surface area (Å²) in [5.41, 5.74) is 3.37. The van der Waals surface area contributed by atoms with E-state index in [0.717, 1.165) is 12.1 Å². The molecule has 0 spiro atoms. The van der Waals surface area contributed by atoms with Crippen LogP contribution in [-0.2, 0) is 16.2 Å². The van der Waals surface area contributed by atoms with E-state index in [1.54, 1.807) is 12.1 Å². The van der Waals surface area contributed by atoms with Gasteiger partial charge in [-0.2, -0.15) is 0 Å². The summed E-state index contributed by atoms with van der Waals surface area (Å²) < 4.78 is 44.8. The number of hydrogen-bond acceptors (Lipinski definition) is 3. The van der Waals surface area contributed by atoms with Crippen LogP contribution in [0.2, 0.25) is 0 Å². The fraction of sp³-hybridized carbons (Fsp3) is 0.278. The van der Waals surface area contributed by atoms with Gasteiger partial charge in [0, 0.05) is 6.61 Å². The minimum atomic E-state index is -0.969. The highest BCUT2D eigenvalue weighted by molar-refractivity contribution is 5.73. The van der Waals surface area contributed by atoms with Crippen molar-refractivity contribution in [3.8, 4) is 0 Å². The lowest BCUT2D eigenvalue weighted by Gasteiger charge is -2.20. The van der Waals surface area contributed by atoms with E-state index in [-0.39, 0.29) is 12.4 Å². The number of nitrogens with one attached hydrogen (secondary N) is 2. The lowest BCUT2D eigenvalue weighted by atomic mass is 10.0. The summed E-state index contributed by atoms with van der Waals surface area (Å²) in [7, 11) is 0. The largest absolute Gasteiger partial charge is 0.371 e. The second-order valence-corrected chi connectivity index (χ2v) is 5.85. The Morgan fingerprint density at radius 1 is 1.12 bits per heavy atom. The first-order chi connectivity index (χ1) is 12.5. The van der Waals surface area contributed by atoms with Gasteiger partial charge in [0.15, 0.2) is 11.6 Å².